The zero-order chi connectivity index (χ0) is 17.5. The SMILES string of the molecule is COCCN(Cc1nc(C(=O)OC)co1)C(=O)c1ccccc1F. The summed E-state index contributed by atoms with van der Waals surface area (Å²) in [6.45, 7) is 0.428. The molecule has 0 radical (unpaired) electrons. The molecule has 0 unspecified atom stereocenters. The molecule has 0 aliphatic carbocycles. The number of carbonyl (C=O) groups excluding carboxylic acids is 2. The standard InChI is InChI=1S/C16H17FN2O5/c1-22-8-7-19(15(20)11-5-3-4-6-12(11)17)9-14-18-13(10-24-14)16(21)23-2/h3-6,10H,7-9H2,1-2H3. The molecule has 0 aliphatic heterocycles. The van der Waals surface area contributed by atoms with Crippen LogP contribution in [0, 0.1) is 5.82 Å². The first-order valence-electron chi connectivity index (χ1n) is 7.12. The minimum atomic E-state index is -0.645. The highest BCUT2D eigenvalue weighted by molar-refractivity contribution is 5.94. The Morgan fingerprint density at radius 2 is 2.04 bits per heavy atom. The zero-order valence-electron chi connectivity index (χ0n) is 13.3. The fraction of sp³-hybridized carbons (Fsp3) is 0.312. The summed E-state index contributed by atoms with van der Waals surface area (Å²) in [5.74, 6) is -1.65. The van der Waals surface area contributed by atoms with Crippen LogP contribution in [0.15, 0.2) is 34.9 Å². The summed E-state index contributed by atoms with van der Waals surface area (Å²) in [7, 11) is 2.72. The summed E-state index contributed by atoms with van der Waals surface area (Å²) in [6.07, 6.45) is 1.14. The third-order valence-electron chi connectivity index (χ3n) is 3.23. The monoisotopic (exact) mass is 336 g/mol. The number of ether oxygens (including phenoxy) is 2. The first-order valence-corrected chi connectivity index (χ1v) is 7.12. The number of amides is 1. The molecular weight excluding hydrogens is 319 g/mol. The molecule has 0 atom stereocenters. The smallest absolute Gasteiger partial charge is 0.360 e. The number of benzene rings is 1. The van der Waals surface area contributed by atoms with E-state index >= 15 is 0 Å². The second-order valence-corrected chi connectivity index (χ2v) is 4.82. The van der Waals surface area contributed by atoms with Crippen LogP contribution in [0.3, 0.4) is 0 Å². The lowest BCUT2D eigenvalue weighted by atomic mass is 10.2. The highest BCUT2D eigenvalue weighted by atomic mass is 19.1. The van der Waals surface area contributed by atoms with E-state index < -0.39 is 17.7 Å². The Morgan fingerprint density at radius 1 is 1.29 bits per heavy atom. The van der Waals surface area contributed by atoms with Gasteiger partial charge in [0.15, 0.2) is 5.69 Å². The number of esters is 1. The van der Waals surface area contributed by atoms with Gasteiger partial charge in [-0.1, -0.05) is 12.1 Å². The number of rotatable bonds is 7. The largest absolute Gasteiger partial charge is 0.464 e. The van der Waals surface area contributed by atoms with Crippen molar-refractivity contribution < 1.29 is 27.9 Å². The molecule has 8 heteroatoms. The van der Waals surface area contributed by atoms with E-state index in [1.165, 1.54) is 37.3 Å². The van der Waals surface area contributed by atoms with Gasteiger partial charge in [-0.05, 0) is 12.1 Å². The first-order chi connectivity index (χ1) is 11.6. The third-order valence-corrected chi connectivity index (χ3v) is 3.23. The van der Waals surface area contributed by atoms with Gasteiger partial charge in [0.05, 0.1) is 25.8 Å². The molecule has 0 N–H and O–H groups in total. The molecule has 128 valence electrons. The summed E-state index contributed by atoms with van der Waals surface area (Å²) in [4.78, 5) is 29.2. The van der Waals surface area contributed by atoms with Crippen molar-refractivity contribution in [1.29, 1.82) is 0 Å². The molecule has 1 heterocycles. The van der Waals surface area contributed by atoms with Gasteiger partial charge in [0.25, 0.3) is 5.91 Å². The minimum Gasteiger partial charge on any atom is -0.464 e. The molecule has 7 nitrogen and oxygen atoms in total. The molecular formula is C16H17FN2O5. The Labute approximate surface area is 138 Å². The normalized spacial score (nSPS) is 10.5. The molecule has 0 saturated heterocycles. The topological polar surface area (TPSA) is 81.9 Å². The van der Waals surface area contributed by atoms with Crippen LogP contribution in [-0.4, -0.2) is 49.1 Å². The second-order valence-electron chi connectivity index (χ2n) is 4.82. The fourth-order valence-electron chi connectivity index (χ4n) is 2.00. The van der Waals surface area contributed by atoms with Gasteiger partial charge in [-0.3, -0.25) is 4.79 Å². The number of hydrogen-bond donors (Lipinski definition) is 0. The van der Waals surface area contributed by atoms with Gasteiger partial charge in [0, 0.05) is 13.7 Å². The summed E-state index contributed by atoms with van der Waals surface area (Å²) in [5, 5.41) is 0. The van der Waals surface area contributed by atoms with Crippen molar-refractivity contribution in [3.05, 3.63) is 53.5 Å². The van der Waals surface area contributed by atoms with E-state index in [-0.39, 0.29) is 36.8 Å². The molecule has 24 heavy (non-hydrogen) atoms. The summed E-state index contributed by atoms with van der Waals surface area (Å²) in [6, 6.07) is 5.68. The Bertz CT molecular complexity index is 716. The Kier molecular flexibility index (Phi) is 6.02. The highest BCUT2D eigenvalue weighted by Gasteiger charge is 2.22. The number of carbonyl (C=O) groups is 2. The Hall–Kier alpha value is -2.74. The van der Waals surface area contributed by atoms with E-state index in [0.29, 0.717) is 0 Å². The van der Waals surface area contributed by atoms with Crippen LogP contribution < -0.4 is 0 Å². The lowest BCUT2D eigenvalue weighted by Crippen LogP contribution is -2.34. The second kappa shape index (κ2) is 8.21. The number of halogens is 1. The summed E-state index contributed by atoms with van der Waals surface area (Å²) < 4.78 is 28.5. The predicted octanol–water partition coefficient (Wildman–Crippen LogP) is 1.89. The van der Waals surface area contributed by atoms with E-state index in [1.54, 1.807) is 6.07 Å². The van der Waals surface area contributed by atoms with Gasteiger partial charge in [0.2, 0.25) is 5.89 Å². The molecule has 0 bridgehead atoms. The lowest BCUT2D eigenvalue weighted by molar-refractivity contribution is 0.0594. The number of oxazole rings is 1. The van der Waals surface area contributed by atoms with Crippen LogP contribution in [0.1, 0.15) is 26.7 Å². The zero-order valence-corrected chi connectivity index (χ0v) is 13.3. The number of nitrogens with zero attached hydrogens (tertiary/aromatic N) is 2. The molecule has 1 amide bonds. The maximum Gasteiger partial charge on any atom is 0.360 e. The van der Waals surface area contributed by atoms with Crippen molar-refractivity contribution in [1.82, 2.24) is 9.88 Å². The van der Waals surface area contributed by atoms with Crippen molar-refractivity contribution in [3.63, 3.8) is 0 Å². The highest BCUT2D eigenvalue weighted by Crippen LogP contribution is 2.13. The van der Waals surface area contributed by atoms with Gasteiger partial charge < -0.3 is 18.8 Å². The van der Waals surface area contributed by atoms with E-state index in [2.05, 4.69) is 9.72 Å². The first kappa shape index (κ1) is 17.6. The van der Waals surface area contributed by atoms with Crippen LogP contribution in [0.2, 0.25) is 0 Å². The number of hydrogen-bond acceptors (Lipinski definition) is 6. The molecule has 2 rings (SSSR count). The van der Waals surface area contributed by atoms with Gasteiger partial charge in [0.1, 0.15) is 12.1 Å². The molecule has 0 aliphatic rings. The van der Waals surface area contributed by atoms with Crippen molar-refractivity contribution in [2.75, 3.05) is 27.4 Å². The van der Waals surface area contributed by atoms with Crippen molar-refractivity contribution >= 4 is 11.9 Å². The molecule has 0 fully saturated rings. The maximum absolute atomic E-state index is 13.8. The molecule has 0 spiro atoms. The summed E-state index contributed by atoms with van der Waals surface area (Å²) >= 11 is 0. The molecule has 1 aromatic heterocycles. The average Bonchev–Trinajstić information content (AvgIpc) is 3.06. The van der Waals surface area contributed by atoms with Crippen molar-refractivity contribution in [2.24, 2.45) is 0 Å². The van der Waals surface area contributed by atoms with Gasteiger partial charge in [-0.15, -0.1) is 0 Å². The Balaban J connectivity index is 2.19. The quantitative estimate of drug-likeness (QED) is 0.718. The van der Waals surface area contributed by atoms with E-state index in [0.717, 1.165) is 6.26 Å². The third kappa shape index (κ3) is 4.17. The maximum atomic E-state index is 13.8. The summed E-state index contributed by atoms with van der Waals surface area (Å²) in [5.41, 5.74) is -0.0640. The van der Waals surface area contributed by atoms with Crippen molar-refractivity contribution in [2.45, 2.75) is 6.54 Å². The molecule has 1 aromatic carbocycles. The van der Waals surface area contributed by atoms with E-state index in [4.69, 9.17) is 9.15 Å². The molecule has 0 saturated carbocycles. The minimum absolute atomic E-state index is 0.00229. The lowest BCUT2D eigenvalue weighted by Gasteiger charge is -2.21. The van der Waals surface area contributed by atoms with Gasteiger partial charge in [-0.25, -0.2) is 14.2 Å². The number of methoxy groups -OCH3 is 2. The van der Waals surface area contributed by atoms with Crippen LogP contribution in [0.5, 0.6) is 0 Å². The van der Waals surface area contributed by atoms with Crippen LogP contribution >= 0.6 is 0 Å². The fourth-order valence-corrected chi connectivity index (χ4v) is 2.00. The van der Waals surface area contributed by atoms with Crippen LogP contribution in [0.25, 0.3) is 0 Å². The van der Waals surface area contributed by atoms with Crippen LogP contribution in [-0.2, 0) is 16.0 Å². The van der Waals surface area contributed by atoms with E-state index in [1.807, 2.05) is 0 Å². The van der Waals surface area contributed by atoms with Gasteiger partial charge >= 0.3 is 5.97 Å². The number of aromatic nitrogens is 1. The predicted molar refractivity (Wildman–Crippen MR) is 80.9 cm³/mol. The van der Waals surface area contributed by atoms with E-state index in [9.17, 15) is 14.0 Å². The average molecular weight is 336 g/mol. The van der Waals surface area contributed by atoms with Crippen LogP contribution in [0.4, 0.5) is 4.39 Å². The van der Waals surface area contributed by atoms with Crippen molar-refractivity contribution in [3.8, 4) is 0 Å². The van der Waals surface area contributed by atoms with Gasteiger partial charge in [-0.2, -0.15) is 0 Å². The molecule has 2 aromatic rings. The Morgan fingerprint density at radius 3 is 2.71 bits per heavy atom.